The van der Waals surface area contributed by atoms with Gasteiger partial charge in [-0.25, -0.2) is 9.78 Å². The maximum atomic E-state index is 12.6. The molecule has 0 aliphatic heterocycles. The Morgan fingerprint density at radius 1 is 1.10 bits per heavy atom. The summed E-state index contributed by atoms with van der Waals surface area (Å²) in [5, 5.41) is 4.80. The van der Waals surface area contributed by atoms with Crippen molar-refractivity contribution in [2.75, 3.05) is 19.7 Å². The van der Waals surface area contributed by atoms with E-state index in [4.69, 9.17) is 16.3 Å². The van der Waals surface area contributed by atoms with Crippen molar-refractivity contribution in [1.82, 2.24) is 10.3 Å². The van der Waals surface area contributed by atoms with Crippen molar-refractivity contribution in [3.8, 4) is 11.1 Å². The molecule has 0 atom stereocenters. The number of ether oxygens (including phenoxy) is 1. The Morgan fingerprint density at radius 2 is 1.72 bits per heavy atom. The van der Waals surface area contributed by atoms with Crippen molar-refractivity contribution in [3.05, 3.63) is 51.0 Å². The van der Waals surface area contributed by atoms with Crippen LogP contribution in [-0.2, 0) is 4.74 Å². The minimum Gasteiger partial charge on any atom is -0.462 e. The van der Waals surface area contributed by atoms with Gasteiger partial charge >= 0.3 is 5.97 Å². The number of halogens is 1. The minimum atomic E-state index is -0.336. The van der Waals surface area contributed by atoms with Gasteiger partial charge in [0, 0.05) is 20.8 Å². The average Bonchev–Trinajstić information content (AvgIpc) is 2.96. The summed E-state index contributed by atoms with van der Waals surface area (Å²) in [7, 11) is 0. The van der Waals surface area contributed by atoms with E-state index in [0.717, 1.165) is 40.0 Å². The Hall–Kier alpha value is -1.95. The molecule has 4 nitrogen and oxygen atoms in total. The monoisotopic (exact) mass is 432 g/mol. The van der Waals surface area contributed by atoms with Crippen LogP contribution in [0.4, 0.5) is 0 Å². The molecule has 2 aromatic heterocycles. The van der Waals surface area contributed by atoms with Gasteiger partial charge in [-0.05, 0) is 64.0 Å². The van der Waals surface area contributed by atoms with E-state index < -0.39 is 0 Å². The zero-order valence-corrected chi connectivity index (χ0v) is 19.6. The molecule has 1 aromatic carbocycles. The smallest absolute Gasteiger partial charge is 0.340 e. The normalized spacial score (nSPS) is 10.6. The highest BCUT2D eigenvalue weighted by Crippen LogP contribution is 2.40. The molecule has 0 saturated carbocycles. The molecule has 0 amide bonds. The zero-order valence-electron chi connectivity index (χ0n) is 18.0. The zero-order chi connectivity index (χ0) is 21.6. The van der Waals surface area contributed by atoms with Crippen LogP contribution in [0.2, 0.25) is 5.02 Å². The molecule has 0 aliphatic carbocycles. The maximum Gasteiger partial charge on any atom is 0.340 e. The standard InChI is InChI=1S/C19H18ClNO2S.C4H11N/c1-5-23-19(22)16-11(3)21-18-15(10(2)12(4)24-18)17(16)13-6-8-14(20)9-7-13;1-3-5-4-2/h6-9H,5H2,1-4H3;5H,3-4H2,1-2H3. The van der Waals surface area contributed by atoms with Gasteiger partial charge in [0.1, 0.15) is 4.83 Å². The Labute approximate surface area is 182 Å². The first-order chi connectivity index (χ1) is 13.8. The van der Waals surface area contributed by atoms with E-state index in [1.54, 1.807) is 18.3 Å². The Morgan fingerprint density at radius 3 is 2.24 bits per heavy atom. The third-order valence-electron chi connectivity index (χ3n) is 4.61. The van der Waals surface area contributed by atoms with Crippen molar-refractivity contribution in [2.24, 2.45) is 0 Å². The molecule has 156 valence electrons. The highest BCUT2D eigenvalue weighted by Gasteiger charge is 2.24. The molecule has 0 unspecified atom stereocenters. The number of rotatable bonds is 5. The fraction of sp³-hybridized carbons (Fsp3) is 0.391. The number of nitrogens with one attached hydrogen (secondary N) is 1. The first kappa shape index (κ1) is 23.3. The van der Waals surface area contributed by atoms with Gasteiger partial charge in [-0.3, -0.25) is 0 Å². The first-order valence-corrected chi connectivity index (χ1v) is 11.1. The van der Waals surface area contributed by atoms with Crippen molar-refractivity contribution in [2.45, 2.75) is 41.5 Å². The Balaban J connectivity index is 0.000000537. The minimum absolute atomic E-state index is 0.331. The predicted molar refractivity (Wildman–Crippen MR) is 124 cm³/mol. The van der Waals surface area contributed by atoms with Crippen LogP contribution >= 0.6 is 22.9 Å². The van der Waals surface area contributed by atoms with Crippen LogP contribution in [0.5, 0.6) is 0 Å². The highest BCUT2D eigenvalue weighted by molar-refractivity contribution is 7.18. The molecular weight excluding hydrogens is 404 g/mol. The second-order valence-electron chi connectivity index (χ2n) is 6.60. The first-order valence-electron chi connectivity index (χ1n) is 9.89. The molecule has 29 heavy (non-hydrogen) atoms. The van der Waals surface area contributed by atoms with E-state index >= 15 is 0 Å². The summed E-state index contributed by atoms with van der Waals surface area (Å²) >= 11 is 7.68. The van der Waals surface area contributed by atoms with E-state index in [-0.39, 0.29) is 5.97 Å². The Kier molecular flexibility index (Phi) is 8.62. The molecule has 0 bridgehead atoms. The number of aryl methyl sites for hydroxylation is 3. The lowest BCUT2D eigenvalue weighted by molar-refractivity contribution is 0.0526. The molecule has 6 heteroatoms. The molecule has 0 spiro atoms. The van der Waals surface area contributed by atoms with Gasteiger partial charge in [0.2, 0.25) is 0 Å². The van der Waals surface area contributed by atoms with Crippen LogP contribution in [-0.4, -0.2) is 30.6 Å². The van der Waals surface area contributed by atoms with Gasteiger partial charge in [-0.1, -0.05) is 37.6 Å². The molecule has 2 heterocycles. The topological polar surface area (TPSA) is 51.2 Å². The van der Waals surface area contributed by atoms with E-state index in [9.17, 15) is 4.79 Å². The largest absolute Gasteiger partial charge is 0.462 e. The summed E-state index contributed by atoms with van der Waals surface area (Å²) in [5.74, 6) is -0.336. The summed E-state index contributed by atoms with van der Waals surface area (Å²) in [4.78, 5) is 19.4. The summed E-state index contributed by atoms with van der Waals surface area (Å²) < 4.78 is 5.29. The van der Waals surface area contributed by atoms with E-state index in [1.165, 1.54) is 4.88 Å². The number of nitrogens with zero attached hydrogens (tertiary/aromatic N) is 1. The van der Waals surface area contributed by atoms with Crippen LogP contribution in [0, 0.1) is 20.8 Å². The van der Waals surface area contributed by atoms with Crippen LogP contribution in [0.15, 0.2) is 24.3 Å². The van der Waals surface area contributed by atoms with Crippen molar-refractivity contribution >= 4 is 39.1 Å². The number of hydrogen-bond acceptors (Lipinski definition) is 5. The second-order valence-corrected chi connectivity index (χ2v) is 8.23. The lowest BCUT2D eigenvalue weighted by atomic mass is 9.94. The van der Waals surface area contributed by atoms with E-state index in [0.29, 0.717) is 22.9 Å². The fourth-order valence-electron chi connectivity index (χ4n) is 3.10. The molecular formula is C23H29ClN2O2S. The van der Waals surface area contributed by atoms with Gasteiger partial charge in [-0.2, -0.15) is 0 Å². The molecule has 1 N–H and O–H groups in total. The van der Waals surface area contributed by atoms with Gasteiger partial charge in [-0.15, -0.1) is 11.3 Å². The Bertz CT molecular complexity index is 979. The van der Waals surface area contributed by atoms with Gasteiger partial charge in [0.25, 0.3) is 0 Å². The van der Waals surface area contributed by atoms with Gasteiger partial charge < -0.3 is 10.1 Å². The quantitative estimate of drug-likeness (QED) is 0.478. The molecule has 0 fully saturated rings. The van der Waals surface area contributed by atoms with Gasteiger partial charge in [0.15, 0.2) is 0 Å². The highest BCUT2D eigenvalue weighted by atomic mass is 35.5. The number of carbonyl (C=O) groups excluding carboxylic acids is 1. The number of hydrogen-bond donors (Lipinski definition) is 1. The van der Waals surface area contributed by atoms with Crippen LogP contribution < -0.4 is 5.32 Å². The van der Waals surface area contributed by atoms with Crippen molar-refractivity contribution in [1.29, 1.82) is 0 Å². The summed E-state index contributed by atoms with van der Waals surface area (Å²) in [6.07, 6.45) is 0. The van der Waals surface area contributed by atoms with E-state index in [2.05, 4.69) is 38.0 Å². The van der Waals surface area contributed by atoms with E-state index in [1.807, 2.05) is 31.2 Å². The predicted octanol–water partition coefficient (Wildman–Crippen LogP) is 6.33. The van der Waals surface area contributed by atoms with Crippen LogP contribution in [0.25, 0.3) is 21.3 Å². The number of aromatic nitrogens is 1. The lowest BCUT2D eigenvalue weighted by Gasteiger charge is -2.14. The number of carbonyl (C=O) groups is 1. The van der Waals surface area contributed by atoms with Crippen molar-refractivity contribution < 1.29 is 9.53 Å². The number of thiophene rings is 1. The molecule has 3 rings (SSSR count). The molecule has 0 saturated heterocycles. The average molecular weight is 433 g/mol. The van der Waals surface area contributed by atoms with Crippen LogP contribution in [0.3, 0.4) is 0 Å². The fourth-order valence-corrected chi connectivity index (χ4v) is 4.32. The third kappa shape index (κ3) is 5.35. The molecule has 0 aliphatic rings. The summed E-state index contributed by atoms with van der Waals surface area (Å²) in [6, 6.07) is 7.54. The SMILES string of the molecule is CCNCC.CCOC(=O)c1c(C)nc2sc(C)c(C)c2c1-c1ccc(Cl)cc1. The number of benzene rings is 1. The van der Waals surface area contributed by atoms with Gasteiger partial charge in [0.05, 0.1) is 17.9 Å². The summed E-state index contributed by atoms with van der Waals surface area (Å²) in [5.41, 5.74) is 4.20. The molecule has 0 radical (unpaired) electrons. The van der Waals surface area contributed by atoms with Crippen LogP contribution in [0.1, 0.15) is 47.3 Å². The lowest BCUT2D eigenvalue weighted by Crippen LogP contribution is -2.10. The summed E-state index contributed by atoms with van der Waals surface area (Å²) in [6.45, 7) is 14.5. The third-order valence-corrected chi connectivity index (χ3v) is 5.96. The number of pyridine rings is 1. The van der Waals surface area contributed by atoms with Crippen molar-refractivity contribution in [3.63, 3.8) is 0 Å². The second kappa shape index (κ2) is 10.7. The molecule has 3 aromatic rings. The maximum absolute atomic E-state index is 12.6. The number of esters is 1. The number of fused-ring (bicyclic) bond motifs is 1.